The third kappa shape index (κ3) is 6.97. The Hall–Kier alpha value is -1.35. The quantitative estimate of drug-likeness (QED) is 0.504. The van der Waals surface area contributed by atoms with Gasteiger partial charge in [-0.2, -0.15) is 0 Å². The number of ether oxygens (including phenoxy) is 1. The molecule has 0 saturated heterocycles. The topological polar surface area (TPSA) is 29.5 Å². The summed E-state index contributed by atoms with van der Waals surface area (Å²) < 4.78 is 5.32. The van der Waals surface area contributed by atoms with E-state index in [1.165, 1.54) is 0 Å². The molecule has 1 rings (SSSR count). The van der Waals surface area contributed by atoms with Crippen molar-refractivity contribution in [1.29, 1.82) is 0 Å². The Labute approximate surface area is 116 Å². The molecule has 0 bridgehead atoms. The van der Waals surface area contributed by atoms with E-state index in [1.807, 2.05) is 18.2 Å². The Kier molecular flexibility index (Phi) is 7.91. The average molecular weight is 263 g/mol. The lowest BCUT2D eigenvalue weighted by molar-refractivity contribution is -0.135. The van der Waals surface area contributed by atoms with Crippen LogP contribution in [0.4, 0.5) is 0 Å². The van der Waals surface area contributed by atoms with Gasteiger partial charge in [0.2, 0.25) is 0 Å². The normalized spacial score (nSPS) is 10.7. The number of nitrogens with zero attached hydrogens (tertiary/aromatic N) is 1. The van der Waals surface area contributed by atoms with Crippen molar-refractivity contribution in [2.45, 2.75) is 39.5 Å². The van der Waals surface area contributed by atoms with Crippen LogP contribution in [-0.2, 0) is 4.79 Å². The second kappa shape index (κ2) is 9.56. The minimum Gasteiger partial charge on any atom is -0.426 e. The summed E-state index contributed by atoms with van der Waals surface area (Å²) in [5.41, 5.74) is 0. The minimum atomic E-state index is -0.168. The van der Waals surface area contributed by atoms with Crippen molar-refractivity contribution >= 4 is 5.97 Å². The van der Waals surface area contributed by atoms with E-state index in [2.05, 4.69) is 18.7 Å². The van der Waals surface area contributed by atoms with E-state index in [0.717, 1.165) is 38.8 Å². The molecular formula is C16H25NO2. The zero-order valence-corrected chi connectivity index (χ0v) is 12.1. The van der Waals surface area contributed by atoms with Crippen molar-refractivity contribution in [3.05, 3.63) is 30.3 Å². The highest BCUT2D eigenvalue weighted by atomic mass is 16.5. The fraction of sp³-hybridized carbons (Fsp3) is 0.562. The second-order valence-corrected chi connectivity index (χ2v) is 4.77. The first-order valence-electron chi connectivity index (χ1n) is 7.24. The number of hydrogen-bond donors (Lipinski definition) is 0. The van der Waals surface area contributed by atoms with Gasteiger partial charge >= 0.3 is 5.97 Å². The van der Waals surface area contributed by atoms with E-state index in [1.54, 1.807) is 12.1 Å². The third-order valence-corrected chi connectivity index (χ3v) is 2.98. The molecular weight excluding hydrogens is 238 g/mol. The molecule has 0 amide bonds. The summed E-state index contributed by atoms with van der Waals surface area (Å²) in [5, 5.41) is 0. The van der Waals surface area contributed by atoms with Gasteiger partial charge in [0.15, 0.2) is 0 Å². The van der Waals surface area contributed by atoms with Crippen LogP contribution in [0.5, 0.6) is 5.75 Å². The summed E-state index contributed by atoms with van der Waals surface area (Å²) in [6, 6.07) is 9.26. The SMILES string of the molecule is CCCCN(CCCC)CC(=O)Oc1ccccc1. The van der Waals surface area contributed by atoms with Crippen LogP contribution in [0.2, 0.25) is 0 Å². The fourth-order valence-corrected chi connectivity index (χ4v) is 1.87. The van der Waals surface area contributed by atoms with Gasteiger partial charge in [-0.25, -0.2) is 0 Å². The molecule has 106 valence electrons. The number of hydrogen-bond acceptors (Lipinski definition) is 3. The Bertz CT molecular complexity index is 343. The maximum atomic E-state index is 11.9. The molecule has 0 aromatic heterocycles. The lowest BCUT2D eigenvalue weighted by Gasteiger charge is -2.20. The molecule has 0 fully saturated rings. The van der Waals surface area contributed by atoms with Crippen molar-refractivity contribution in [2.24, 2.45) is 0 Å². The summed E-state index contributed by atoms with van der Waals surface area (Å²) in [7, 11) is 0. The van der Waals surface area contributed by atoms with E-state index >= 15 is 0 Å². The van der Waals surface area contributed by atoms with Gasteiger partial charge in [0, 0.05) is 0 Å². The van der Waals surface area contributed by atoms with Crippen LogP contribution in [0.15, 0.2) is 30.3 Å². The fourth-order valence-electron chi connectivity index (χ4n) is 1.87. The Morgan fingerprint density at radius 1 is 1.05 bits per heavy atom. The van der Waals surface area contributed by atoms with Crippen LogP contribution in [0.1, 0.15) is 39.5 Å². The van der Waals surface area contributed by atoms with Crippen LogP contribution < -0.4 is 4.74 Å². The molecule has 3 nitrogen and oxygen atoms in total. The highest BCUT2D eigenvalue weighted by Crippen LogP contribution is 2.09. The van der Waals surface area contributed by atoms with Gasteiger partial charge in [-0.3, -0.25) is 9.69 Å². The molecule has 0 N–H and O–H groups in total. The Morgan fingerprint density at radius 3 is 2.16 bits per heavy atom. The van der Waals surface area contributed by atoms with Gasteiger partial charge in [0.05, 0.1) is 6.54 Å². The summed E-state index contributed by atoms with van der Waals surface area (Å²) in [6.45, 7) is 6.66. The predicted octanol–water partition coefficient (Wildman–Crippen LogP) is 3.49. The summed E-state index contributed by atoms with van der Waals surface area (Å²) >= 11 is 0. The molecule has 0 radical (unpaired) electrons. The van der Waals surface area contributed by atoms with Crippen LogP contribution in [-0.4, -0.2) is 30.5 Å². The Morgan fingerprint density at radius 2 is 1.63 bits per heavy atom. The number of carbonyl (C=O) groups excluding carboxylic acids is 1. The van der Waals surface area contributed by atoms with E-state index < -0.39 is 0 Å². The van der Waals surface area contributed by atoms with Crippen LogP contribution in [0.25, 0.3) is 0 Å². The smallest absolute Gasteiger partial charge is 0.325 e. The van der Waals surface area contributed by atoms with Gasteiger partial charge in [-0.05, 0) is 38.1 Å². The predicted molar refractivity (Wildman–Crippen MR) is 78.3 cm³/mol. The van der Waals surface area contributed by atoms with E-state index in [0.29, 0.717) is 12.3 Å². The van der Waals surface area contributed by atoms with Gasteiger partial charge < -0.3 is 4.74 Å². The standard InChI is InChI=1S/C16H25NO2/c1-3-5-12-17(13-6-4-2)14-16(18)19-15-10-8-7-9-11-15/h7-11H,3-6,12-14H2,1-2H3. The molecule has 0 heterocycles. The van der Waals surface area contributed by atoms with Crippen LogP contribution in [0.3, 0.4) is 0 Å². The van der Waals surface area contributed by atoms with Crippen molar-refractivity contribution in [3.63, 3.8) is 0 Å². The van der Waals surface area contributed by atoms with Crippen molar-refractivity contribution in [1.82, 2.24) is 4.90 Å². The Balaban J connectivity index is 2.41. The highest BCUT2D eigenvalue weighted by Gasteiger charge is 2.11. The molecule has 1 aromatic carbocycles. The molecule has 0 aliphatic rings. The third-order valence-electron chi connectivity index (χ3n) is 2.98. The number of esters is 1. The largest absolute Gasteiger partial charge is 0.426 e. The number of unbranched alkanes of at least 4 members (excludes halogenated alkanes) is 2. The lowest BCUT2D eigenvalue weighted by Crippen LogP contribution is -2.33. The number of benzene rings is 1. The first-order valence-corrected chi connectivity index (χ1v) is 7.24. The van der Waals surface area contributed by atoms with Crippen molar-refractivity contribution < 1.29 is 9.53 Å². The molecule has 0 atom stereocenters. The molecule has 0 aliphatic carbocycles. The van der Waals surface area contributed by atoms with Crippen molar-refractivity contribution in [3.8, 4) is 5.75 Å². The van der Waals surface area contributed by atoms with E-state index in [-0.39, 0.29) is 5.97 Å². The lowest BCUT2D eigenvalue weighted by atomic mass is 10.2. The zero-order chi connectivity index (χ0) is 13.9. The molecule has 0 spiro atoms. The molecule has 0 aliphatic heterocycles. The minimum absolute atomic E-state index is 0.168. The molecule has 19 heavy (non-hydrogen) atoms. The maximum Gasteiger partial charge on any atom is 0.325 e. The second-order valence-electron chi connectivity index (χ2n) is 4.77. The van der Waals surface area contributed by atoms with Gasteiger partial charge in [-0.15, -0.1) is 0 Å². The van der Waals surface area contributed by atoms with E-state index in [9.17, 15) is 4.79 Å². The maximum absolute atomic E-state index is 11.9. The molecule has 1 aromatic rings. The van der Waals surface area contributed by atoms with Gasteiger partial charge in [0.25, 0.3) is 0 Å². The first-order chi connectivity index (χ1) is 9.26. The molecule has 0 unspecified atom stereocenters. The molecule has 3 heteroatoms. The van der Waals surface area contributed by atoms with Gasteiger partial charge in [0.1, 0.15) is 5.75 Å². The summed E-state index contributed by atoms with van der Waals surface area (Å²) in [4.78, 5) is 14.1. The zero-order valence-electron chi connectivity index (χ0n) is 12.1. The summed E-state index contributed by atoms with van der Waals surface area (Å²) in [6.07, 6.45) is 4.55. The number of para-hydroxylation sites is 1. The monoisotopic (exact) mass is 263 g/mol. The van der Waals surface area contributed by atoms with Gasteiger partial charge in [-0.1, -0.05) is 44.9 Å². The molecule has 0 saturated carbocycles. The van der Waals surface area contributed by atoms with E-state index in [4.69, 9.17) is 4.74 Å². The average Bonchev–Trinajstić information content (AvgIpc) is 2.43. The number of rotatable bonds is 9. The summed E-state index contributed by atoms with van der Waals surface area (Å²) in [5.74, 6) is 0.455. The van der Waals surface area contributed by atoms with Crippen molar-refractivity contribution in [2.75, 3.05) is 19.6 Å². The highest BCUT2D eigenvalue weighted by molar-refractivity contribution is 5.74. The van der Waals surface area contributed by atoms with Crippen LogP contribution in [0, 0.1) is 0 Å². The van der Waals surface area contributed by atoms with Crippen LogP contribution >= 0.6 is 0 Å². The number of carbonyl (C=O) groups is 1. The first kappa shape index (κ1) is 15.7.